The van der Waals surface area contributed by atoms with E-state index in [1.54, 1.807) is 0 Å². The van der Waals surface area contributed by atoms with E-state index in [1.807, 2.05) is 0 Å². The lowest BCUT2D eigenvalue weighted by molar-refractivity contribution is -0.137. The van der Waals surface area contributed by atoms with Crippen LogP contribution in [0, 0.1) is 0 Å². The van der Waals surface area contributed by atoms with Crippen molar-refractivity contribution in [2.24, 2.45) is 0 Å². The van der Waals surface area contributed by atoms with E-state index in [4.69, 9.17) is 14.6 Å². The maximum Gasteiger partial charge on any atom is 0.303 e. The molecule has 0 aromatic carbocycles. The van der Waals surface area contributed by atoms with Crippen LogP contribution in [0.1, 0.15) is 116 Å². The summed E-state index contributed by atoms with van der Waals surface area (Å²) in [5.41, 5.74) is 0. The van der Waals surface area contributed by atoms with Crippen LogP contribution in [0.3, 0.4) is 0 Å². The number of unbranched alkanes of at least 4 members (excludes halogenated alkanes) is 13. The molecule has 0 saturated heterocycles. The van der Waals surface area contributed by atoms with Crippen molar-refractivity contribution in [1.82, 2.24) is 10.6 Å². The minimum atomic E-state index is -0.699. The molecule has 0 bridgehead atoms. The summed E-state index contributed by atoms with van der Waals surface area (Å²) in [5.74, 6) is -1.06. The van der Waals surface area contributed by atoms with E-state index in [-0.39, 0.29) is 37.7 Å². The van der Waals surface area contributed by atoms with Crippen LogP contribution in [0.15, 0.2) is 0 Å². The molecule has 39 heavy (non-hydrogen) atoms. The highest BCUT2D eigenvalue weighted by molar-refractivity contribution is 5.80. The van der Waals surface area contributed by atoms with Crippen LogP contribution in [-0.4, -0.2) is 74.5 Å². The first-order valence-electron chi connectivity index (χ1n) is 14.8. The second kappa shape index (κ2) is 28.7. The highest BCUT2D eigenvalue weighted by Gasteiger charge is 2.13. The molecular formula is C29H52N2O8. The molecule has 1 atom stereocenters. The van der Waals surface area contributed by atoms with E-state index >= 15 is 0 Å². The molecule has 0 spiro atoms. The molecule has 0 aromatic rings. The van der Waals surface area contributed by atoms with Gasteiger partial charge in [0.25, 0.3) is 0 Å². The van der Waals surface area contributed by atoms with Gasteiger partial charge in [-0.3, -0.25) is 14.4 Å². The summed E-state index contributed by atoms with van der Waals surface area (Å²) in [6.07, 6.45) is 18.2. The molecule has 10 heteroatoms. The van der Waals surface area contributed by atoms with Crippen LogP contribution in [0.25, 0.3) is 0 Å². The first-order valence-corrected chi connectivity index (χ1v) is 14.8. The van der Waals surface area contributed by atoms with Crippen LogP contribution in [0.2, 0.25) is 0 Å². The van der Waals surface area contributed by atoms with Crippen molar-refractivity contribution in [1.29, 1.82) is 0 Å². The van der Waals surface area contributed by atoms with Gasteiger partial charge in [-0.05, 0) is 19.3 Å². The number of carboxylic acids is 1. The fourth-order valence-corrected chi connectivity index (χ4v) is 4.13. The largest absolute Gasteiger partial charge is 0.481 e. The Bertz CT molecular complexity index is 645. The first kappa shape index (κ1) is 36.7. The third kappa shape index (κ3) is 28.5. The predicted octanol–water partition coefficient (Wildman–Crippen LogP) is 4.12. The van der Waals surface area contributed by atoms with Gasteiger partial charge in [0.15, 0.2) is 0 Å². The molecule has 0 rings (SSSR count). The van der Waals surface area contributed by atoms with Crippen LogP contribution in [-0.2, 0) is 33.4 Å². The number of rotatable bonds is 30. The van der Waals surface area contributed by atoms with Gasteiger partial charge in [-0.25, -0.2) is 0 Å². The number of hydrogen-bond donors (Lipinski definition) is 3. The van der Waals surface area contributed by atoms with Crippen LogP contribution in [0.5, 0.6) is 0 Å². The molecule has 0 unspecified atom stereocenters. The molecule has 0 radical (unpaired) electrons. The van der Waals surface area contributed by atoms with Crippen LogP contribution in [0.4, 0.5) is 0 Å². The molecule has 2 amide bonds. The monoisotopic (exact) mass is 556 g/mol. The Morgan fingerprint density at radius 2 is 1.15 bits per heavy atom. The average Bonchev–Trinajstić information content (AvgIpc) is 2.92. The van der Waals surface area contributed by atoms with E-state index in [9.17, 15) is 24.0 Å². The van der Waals surface area contributed by atoms with Crippen molar-refractivity contribution >= 4 is 30.4 Å². The molecule has 226 valence electrons. The van der Waals surface area contributed by atoms with Crippen molar-refractivity contribution in [3.63, 3.8) is 0 Å². The number of aliphatic carboxylic acids is 1. The highest BCUT2D eigenvalue weighted by atomic mass is 16.5. The average molecular weight is 557 g/mol. The van der Waals surface area contributed by atoms with E-state index in [0.717, 1.165) is 38.5 Å². The van der Waals surface area contributed by atoms with E-state index in [0.29, 0.717) is 45.4 Å². The fourth-order valence-electron chi connectivity index (χ4n) is 4.13. The van der Waals surface area contributed by atoms with Gasteiger partial charge in [-0.1, -0.05) is 77.0 Å². The molecule has 0 saturated carbocycles. The Kier molecular flexibility index (Phi) is 27.0. The van der Waals surface area contributed by atoms with Gasteiger partial charge in [0, 0.05) is 25.8 Å². The van der Waals surface area contributed by atoms with E-state index in [1.165, 1.54) is 51.4 Å². The molecule has 10 nitrogen and oxygen atoms in total. The quantitative estimate of drug-likeness (QED) is 0.0884. The number of carbonyl (C=O) groups is 5. The van der Waals surface area contributed by atoms with Gasteiger partial charge in [-0.15, -0.1) is 0 Å². The summed E-state index contributed by atoms with van der Waals surface area (Å²) in [4.78, 5) is 55.8. The lowest BCUT2D eigenvalue weighted by Crippen LogP contribution is -2.37. The third-order valence-electron chi connectivity index (χ3n) is 6.36. The zero-order chi connectivity index (χ0) is 28.8. The van der Waals surface area contributed by atoms with Crippen LogP contribution < -0.4 is 10.6 Å². The van der Waals surface area contributed by atoms with E-state index < -0.39 is 12.0 Å². The second-order valence-electron chi connectivity index (χ2n) is 9.90. The van der Waals surface area contributed by atoms with Gasteiger partial charge < -0.3 is 34.8 Å². The lowest BCUT2D eigenvalue weighted by Gasteiger charge is -2.13. The summed E-state index contributed by atoms with van der Waals surface area (Å²) in [6.45, 7) is 1.35. The topological polar surface area (TPSA) is 148 Å². The number of carbonyl (C=O) groups excluding carboxylic acids is 4. The molecular weight excluding hydrogens is 504 g/mol. The van der Waals surface area contributed by atoms with Gasteiger partial charge >= 0.3 is 5.97 Å². The minimum Gasteiger partial charge on any atom is -0.481 e. The molecule has 3 N–H and O–H groups in total. The van der Waals surface area contributed by atoms with Crippen LogP contribution >= 0.6 is 0 Å². The van der Waals surface area contributed by atoms with E-state index in [2.05, 4.69) is 10.6 Å². The zero-order valence-electron chi connectivity index (χ0n) is 23.8. The predicted molar refractivity (Wildman–Crippen MR) is 149 cm³/mol. The lowest BCUT2D eigenvalue weighted by atomic mass is 10.0. The summed E-state index contributed by atoms with van der Waals surface area (Å²) < 4.78 is 10.2. The molecule has 0 aliphatic carbocycles. The molecule has 0 aliphatic heterocycles. The van der Waals surface area contributed by atoms with Gasteiger partial charge in [0.2, 0.25) is 11.8 Å². The summed E-state index contributed by atoms with van der Waals surface area (Å²) in [6, 6.07) is -0.661. The first-order chi connectivity index (χ1) is 19.0. The normalized spacial score (nSPS) is 11.6. The molecule has 0 aromatic heterocycles. The standard InChI is InChI=1S/C29H52N2O8/c32-20-22-39-24-23-38-21-19-30-27(34)18-17-26(25-33)31-28(35)15-13-11-9-7-5-3-1-2-4-6-8-10-12-14-16-29(36)37/h20,25-26H,1-19,21-24H2,(H,30,34)(H,31,35)(H,36,37)/t26-/m0/s1. The van der Waals surface area contributed by atoms with Crippen molar-refractivity contribution in [3.05, 3.63) is 0 Å². The summed E-state index contributed by atoms with van der Waals surface area (Å²) >= 11 is 0. The summed E-state index contributed by atoms with van der Waals surface area (Å²) in [5, 5.41) is 14.0. The highest BCUT2D eigenvalue weighted by Crippen LogP contribution is 2.13. The number of aldehydes is 2. The second-order valence-corrected chi connectivity index (χ2v) is 9.90. The van der Waals surface area contributed by atoms with Crippen molar-refractivity contribution in [2.45, 2.75) is 122 Å². The number of carboxylic acid groups (broad SMARTS) is 1. The Morgan fingerprint density at radius 3 is 1.67 bits per heavy atom. The third-order valence-corrected chi connectivity index (χ3v) is 6.36. The summed E-state index contributed by atoms with van der Waals surface area (Å²) in [7, 11) is 0. The number of ether oxygens (including phenoxy) is 2. The SMILES string of the molecule is O=CCOCCOCCNC(=O)CC[C@@H](C=O)NC(=O)CCCCCCCCCCCCCCCCC(=O)O. The van der Waals surface area contributed by atoms with Gasteiger partial charge in [-0.2, -0.15) is 0 Å². The fraction of sp³-hybridized carbons (Fsp3) is 0.828. The molecule has 0 fully saturated rings. The van der Waals surface area contributed by atoms with Crippen molar-refractivity contribution in [2.75, 3.05) is 33.0 Å². The number of nitrogens with one attached hydrogen (secondary N) is 2. The Morgan fingerprint density at radius 1 is 0.641 bits per heavy atom. The van der Waals surface area contributed by atoms with Crippen molar-refractivity contribution in [3.8, 4) is 0 Å². The Hall–Kier alpha value is -2.33. The van der Waals surface area contributed by atoms with Gasteiger partial charge in [0.05, 0.1) is 25.9 Å². The van der Waals surface area contributed by atoms with Crippen molar-refractivity contribution < 1.29 is 38.6 Å². The van der Waals surface area contributed by atoms with Gasteiger partial charge in [0.1, 0.15) is 19.2 Å². The smallest absolute Gasteiger partial charge is 0.303 e. The minimum absolute atomic E-state index is 0.0402. The zero-order valence-corrected chi connectivity index (χ0v) is 23.8. The number of amides is 2. The molecule has 0 aliphatic rings. The Balaban J connectivity index is 3.52. The maximum atomic E-state index is 12.1. The number of hydrogen-bond acceptors (Lipinski definition) is 7. The Labute approximate surface area is 234 Å². The maximum absolute atomic E-state index is 12.1. The molecule has 0 heterocycles.